The van der Waals surface area contributed by atoms with Crippen LogP contribution in [-0.2, 0) is 6.54 Å². The monoisotopic (exact) mass is 260 g/mol. The lowest BCUT2D eigenvalue weighted by atomic mass is 10.1. The van der Waals surface area contributed by atoms with E-state index in [1.165, 1.54) is 37.2 Å². The van der Waals surface area contributed by atoms with Crippen molar-refractivity contribution >= 4 is 5.69 Å². The summed E-state index contributed by atoms with van der Waals surface area (Å²) in [6, 6.07) is 9.10. The zero-order valence-electron chi connectivity index (χ0n) is 12.7. The first-order chi connectivity index (χ1) is 9.19. The Morgan fingerprint density at radius 2 is 2.00 bits per heavy atom. The molecule has 0 saturated carbocycles. The van der Waals surface area contributed by atoms with Crippen LogP contribution in [0.5, 0.6) is 0 Å². The molecule has 1 aromatic rings. The van der Waals surface area contributed by atoms with Gasteiger partial charge in [0.15, 0.2) is 0 Å². The van der Waals surface area contributed by atoms with Gasteiger partial charge >= 0.3 is 0 Å². The van der Waals surface area contributed by atoms with Crippen LogP contribution in [0.2, 0.25) is 0 Å². The van der Waals surface area contributed by atoms with Crippen LogP contribution in [0.15, 0.2) is 24.3 Å². The smallest absolute Gasteiger partial charge is 0.0366 e. The van der Waals surface area contributed by atoms with Crippen molar-refractivity contribution in [3.05, 3.63) is 29.8 Å². The summed E-state index contributed by atoms with van der Waals surface area (Å²) in [5.74, 6) is 1.61. The van der Waals surface area contributed by atoms with Gasteiger partial charge < -0.3 is 10.2 Å². The molecule has 2 rings (SSSR count). The summed E-state index contributed by atoms with van der Waals surface area (Å²) in [5.41, 5.74) is 2.78. The summed E-state index contributed by atoms with van der Waals surface area (Å²) in [7, 11) is 0. The topological polar surface area (TPSA) is 15.3 Å². The average molecular weight is 260 g/mol. The Hall–Kier alpha value is -1.02. The lowest BCUT2D eigenvalue weighted by Gasteiger charge is -2.19. The van der Waals surface area contributed by atoms with Gasteiger partial charge in [-0.05, 0) is 42.5 Å². The Bertz CT molecular complexity index is 369. The molecule has 1 atom stereocenters. The first-order valence-electron chi connectivity index (χ1n) is 7.73. The van der Waals surface area contributed by atoms with Crippen molar-refractivity contribution in [2.75, 3.05) is 24.5 Å². The van der Waals surface area contributed by atoms with Crippen molar-refractivity contribution in [2.45, 2.75) is 40.2 Å². The molecule has 1 N–H and O–H groups in total. The SMILES string of the molecule is CCC1CCN(c2ccc(CNCC(C)C)cc2)C1. The molecule has 0 amide bonds. The summed E-state index contributed by atoms with van der Waals surface area (Å²) >= 11 is 0. The third kappa shape index (κ3) is 4.24. The van der Waals surface area contributed by atoms with Gasteiger partial charge in [0.05, 0.1) is 0 Å². The fourth-order valence-electron chi connectivity index (χ4n) is 2.73. The molecule has 1 aliphatic rings. The number of nitrogens with one attached hydrogen (secondary N) is 1. The molecule has 0 radical (unpaired) electrons. The molecule has 1 saturated heterocycles. The number of hydrogen-bond donors (Lipinski definition) is 1. The zero-order chi connectivity index (χ0) is 13.7. The average Bonchev–Trinajstić information content (AvgIpc) is 2.88. The summed E-state index contributed by atoms with van der Waals surface area (Å²) in [5, 5.41) is 3.49. The van der Waals surface area contributed by atoms with Gasteiger partial charge in [0.25, 0.3) is 0 Å². The molecule has 1 fully saturated rings. The third-order valence-electron chi connectivity index (χ3n) is 4.05. The second kappa shape index (κ2) is 6.95. The quantitative estimate of drug-likeness (QED) is 0.839. The zero-order valence-corrected chi connectivity index (χ0v) is 12.7. The Morgan fingerprint density at radius 1 is 1.26 bits per heavy atom. The maximum atomic E-state index is 3.49. The van der Waals surface area contributed by atoms with Crippen LogP contribution in [0.25, 0.3) is 0 Å². The highest BCUT2D eigenvalue weighted by molar-refractivity contribution is 5.48. The summed E-state index contributed by atoms with van der Waals surface area (Å²) in [6.45, 7) is 11.3. The van der Waals surface area contributed by atoms with Gasteiger partial charge in [0.1, 0.15) is 0 Å². The second-order valence-electron chi connectivity index (χ2n) is 6.20. The minimum atomic E-state index is 0.717. The predicted octanol–water partition coefficient (Wildman–Crippen LogP) is 3.67. The largest absolute Gasteiger partial charge is 0.371 e. The van der Waals surface area contributed by atoms with E-state index >= 15 is 0 Å². The van der Waals surface area contributed by atoms with Crippen LogP contribution in [0, 0.1) is 11.8 Å². The molecule has 0 aromatic heterocycles. The Balaban J connectivity index is 1.84. The minimum Gasteiger partial charge on any atom is -0.371 e. The first kappa shape index (κ1) is 14.4. The van der Waals surface area contributed by atoms with Gasteiger partial charge in [0.2, 0.25) is 0 Å². The molecule has 1 heterocycles. The molecule has 0 aliphatic carbocycles. The molecular weight excluding hydrogens is 232 g/mol. The number of anilines is 1. The molecule has 19 heavy (non-hydrogen) atoms. The molecule has 106 valence electrons. The van der Waals surface area contributed by atoms with E-state index in [0.717, 1.165) is 24.9 Å². The maximum Gasteiger partial charge on any atom is 0.0366 e. The van der Waals surface area contributed by atoms with E-state index in [9.17, 15) is 0 Å². The highest BCUT2D eigenvalue weighted by Gasteiger charge is 2.20. The van der Waals surface area contributed by atoms with E-state index in [4.69, 9.17) is 0 Å². The van der Waals surface area contributed by atoms with Gasteiger partial charge in [0, 0.05) is 25.3 Å². The minimum absolute atomic E-state index is 0.717. The molecule has 1 aliphatic heterocycles. The van der Waals surface area contributed by atoms with E-state index in [1.54, 1.807) is 0 Å². The molecule has 0 bridgehead atoms. The van der Waals surface area contributed by atoms with Crippen LogP contribution in [0.4, 0.5) is 5.69 Å². The lowest BCUT2D eigenvalue weighted by molar-refractivity contribution is 0.552. The standard InChI is InChI=1S/C17H28N2/c1-4-15-9-10-19(13-15)17-7-5-16(6-8-17)12-18-11-14(2)3/h5-8,14-15,18H,4,9-13H2,1-3H3. The van der Waals surface area contributed by atoms with Crippen molar-refractivity contribution in [1.29, 1.82) is 0 Å². The van der Waals surface area contributed by atoms with Crippen molar-refractivity contribution in [1.82, 2.24) is 5.32 Å². The Labute approximate surface area is 118 Å². The van der Waals surface area contributed by atoms with Gasteiger partial charge in [-0.25, -0.2) is 0 Å². The molecule has 1 aromatic carbocycles. The summed E-state index contributed by atoms with van der Waals surface area (Å²) in [6.07, 6.45) is 2.67. The Kier molecular flexibility index (Phi) is 5.26. The molecule has 0 spiro atoms. The van der Waals surface area contributed by atoms with Crippen molar-refractivity contribution < 1.29 is 0 Å². The van der Waals surface area contributed by atoms with E-state index in [0.29, 0.717) is 0 Å². The van der Waals surface area contributed by atoms with Crippen molar-refractivity contribution in [2.24, 2.45) is 11.8 Å². The van der Waals surface area contributed by atoms with Gasteiger partial charge in [-0.1, -0.05) is 39.3 Å². The molecule has 2 heteroatoms. The van der Waals surface area contributed by atoms with Crippen LogP contribution < -0.4 is 10.2 Å². The molecule has 1 unspecified atom stereocenters. The van der Waals surface area contributed by atoms with Crippen LogP contribution in [0.1, 0.15) is 39.2 Å². The van der Waals surface area contributed by atoms with Crippen molar-refractivity contribution in [3.63, 3.8) is 0 Å². The fraction of sp³-hybridized carbons (Fsp3) is 0.647. The number of nitrogens with zero attached hydrogens (tertiary/aromatic N) is 1. The third-order valence-corrected chi connectivity index (χ3v) is 4.05. The normalized spacial score (nSPS) is 19.4. The van der Waals surface area contributed by atoms with Gasteiger partial charge in [-0.2, -0.15) is 0 Å². The number of rotatable bonds is 6. The van der Waals surface area contributed by atoms with Crippen molar-refractivity contribution in [3.8, 4) is 0 Å². The van der Waals surface area contributed by atoms with E-state index in [1.807, 2.05) is 0 Å². The molecule has 2 nitrogen and oxygen atoms in total. The van der Waals surface area contributed by atoms with E-state index in [2.05, 4.69) is 55.3 Å². The lowest BCUT2D eigenvalue weighted by Crippen LogP contribution is -2.20. The highest BCUT2D eigenvalue weighted by atomic mass is 15.1. The van der Waals surface area contributed by atoms with Crippen LogP contribution in [0.3, 0.4) is 0 Å². The fourth-order valence-corrected chi connectivity index (χ4v) is 2.73. The van der Waals surface area contributed by atoms with E-state index < -0.39 is 0 Å². The second-order valence-corrected chi connectivity index (χ2v) is 6.20. The first-order valence-corrected chi connectivity index (χ1v) is 7.73. The highest BCUT2D eigenvalue weighted by Crippen LogP contribution is 2.25. The van der Waals surface area contributed by atoms with Crippen LogP contribution >= 0.6 is 0 Å². The van der Waals surface area contributed by atoms with Gasteiger partial charge in [-0.3, -0.25) is 0 Å². The Morgan fingerprint density at radius 3 is 2.58 bits per heavy atom. The predicted molar refractivity (Wildman–Crippen MR) is 83.6 cm³/mol. The number of benzene rings is 1. The van der Waals surface area contributed by atoms with E-state index in [-0.39, 0.29) is 0 Å². The summed E-state index contributed by atoms with van der Waals surface area (Å²) in [4.78, 5) is 2.53. The van der Waals surface area contributed by atoms with Crippen LogP contribution in [-0.4, -0.2) is 19.6 Å². The molecular formula is C17H28N2. The maximum absolute atomic E-state index is 3.49. The van der Waals surface area contributed by atoms with Gasteiger partial charge in [-0.15, -0.1) is 0 Å². The number of hydrogen-bond acceptors (Lipinski definition) is 2. The summed E-state index contributed by atoms with van der Waals surface area (Å²) < 4.78 is 0.